The van der Waals surface area contributed by atoms with Gasteiger partial charge in [-0.2, -0.15) is 0 Å². The molecule has 0 N–H and O–H groups in total. The summed E-state index contributed by atoms with van der Waals surface area (Å²) in [7, 11) is 0. The third-order valence-corrected chi connectivity index (χ3v) is 9.26. The second-order valence-corrected chi connectivity index (χ2v) is 12.4. The zero-order valence-electron chi connectivity index (χ0n) is 39.5. The molecule has 0 saturated heterocycles. The average Bonchev–Trinajstić information content (AvgIpc) is 3.69. The molecule has 10 aromatic rings. The third kappa shape index (κ3) is 5.30. The first-order valence-corrected chi connectivity index (χ1v) is 16.8. The maximum Gasteiger partial charge on any atom is 0.143 e. The van der Waals surface area contributed by atoms with Crippen LogP contribution in [0.4, 0.5) is 17.1 Å². The highest BCUT2D eigenvalue weighted by Gasteiger charge is 2.16. The van der Waals surface area contributed by atoms with Crippen LogP contribution < -0.4 is 4.90 Å². The van der Waals surface area contributed by atoms with Crippen LogP contribution in [0.25, 0.3) is 76.9 Å². The summed E-state index contributed by atoms with van der Waals surface area (Å²) < 4.78 is 120. The fraction of sp³-hybridized carbons (Fsp3) is 0. The van der Waals surface area contributed by atoms with Gasteiger partial charge in [-0.3, -0.25) is 0 Å². The van der Waals surface area contributed by atoms with Gasteiger partial charge >= 0.3 is 0 Å². The summed E-state index contributed by atoms with van der Waals surface area (Å²) in [6.45, 7) is 0. The van der Waals surface area contributed by atoms with Gasteiger partial charge in [-0.25, -0.2) is 0 Å². The first-order valence-electron chi connectivity index (χ1n) is 22.8. The lowest BCUT2D eigenvalue weighted by molar-refractivity contribution is 0.670. The van der Waals surface area contributed by atoms with Gasteiger partial charge in [-0.05, 0) is 104 Å². The smallest absolute Gasteiger partial charge is 0.143 e. The van der Waals surface area contributed by atoms with E-state index in [1.165, 1.54) is 0 Å². The van der Waals surface area contributed by atoms with Crippen molar-refractivity contribution in [1.29, 1.82) is 0 Å². The lowest BCUT2D eigenvalue weighted by atomic mass is 9.99. The van der Waals surface area contributed by atoms with Gasteiger partial charge in [0.25, 0.3) is 0 Å². The molecule has 0 unspecified atom stereocenters. The van der Waals surface area contributed by atoms with Crippen LogP contribution in [0.3, 0.4) is 0 Å². The summed E-state index contributed by atoms with van der Waals surface area (Å²) in [6, 6.07) is 30.6. The molecule has 1 heterocycles. The normalized spacial score (nSPS) is 14.7. The quantitative estimate of drug-likeness (QED) is 0.174. The number of hydrogen-bond donors (Lipinski definition) is 0. The monoisotopic (exact) mass is 675 g/mol. The van der Waals surface area contributed by atoms with Crippen molar-refractivity contribution in [2.75, 3.05) is 4.90 Å². The molecule has 0 spiro atoms. The predicted octanol–water partition coefficient (Wildman–Crippen LogP) is 14.4. The standard InChI is InChI=1S/C50H33NO/c1-3-10-39-32-41(18-16-34(39)8-1)36-20-26-43(27-21-36)51(44-28-22-37(23-29-44)42-19-17-35-9-2-4-11-40(35)33-42)45-30-24-38(25-31-45)46-13-7-14-48-47-12-5-6-15-49(47)52-50(46)48/h1-33H/i20D,21D,22D,23D,24D,25D,26D,27D,28D,29D,30D,31D. The molecule has 0 aliphatic rings. The Balaban J connectivity index is 1.26. The van der Waals surface area contributed by atoms with Crippen LogP contribution in [0.1, 0.15) is 16.4 Å². The van der Waals surface area contributed by atoms with E-state index >= 15 is 0 Å². The molecular weight excluding hydrogens is 631 g/mol. The number of rotatable bonds is 6. The fourth-order valence-electron chi connectivity index (χ4n) is 6.65. The van der Waals surface area contributed by atoms with Crippen molar-refractivity contribution >= 4 is 60.5 Å². The Hall–Kier alpha value is -6.90. The number of anilines is 3. The molecular formula is C50H33NO. The number of fused-ring (bicyclic) bond motifs is 5. The molecule has 52 heavy (non-hydrogen) atoms. The molecule has 2 heteroatoms. The van der Waals surface area contributed by atoms with Crippen molar-refractivity contribution in [3.63, 3.8) is 0 Å². The first-order chi connectivity index (χ1) is 30.8. The molecule has 244 valence electrons. The second kappa shape index (κ2) is 12.5. The molecule has 0 aliphatic heterocycles. The molecule has 2 nitrogen and oxygen atoms in total. The first kappa shape index (κ1) is 20.1. The predicted molar refractivity (Wildman–Crippen MR) is 220 cm³/mol. The van der Waals surface area contributed by atoms with Gasteiger partial charge < -0.3 is 9.32 Å². The molecule has 0 amide bonds. The zero-order valence-corrected chi connectivity index (χ0v) is 27.5. The minimum atomic E-state index is -0.699. The van der Waals surface area contributed by atoms with E-state index in [0.29, 0.717) is 27.7 Å². The number of hydrogen-bond acceptors (Lipinski definition) is 2. The molecule has 9 aromatic carbocycles. The van der Waals surface area contributed by atoms with Crippen LogP contribution in [-0.2, 0) is 0 Å². The van der Waals surface area contributed by atoms with Gasteiger partial charge in [0.05, 0.1) is 16.4 Å². The van der Waals surface area contributed by atoms with Crippen molar-refractivity contribution < 1.29 is 20.9 Å². The average molecular weight is 676 g/mol. The van der Waals surface area contributed by atoms with E-state index in [-0.39, 0.29) is 22.3 Å². The van der Waals surface area contributed by atoms with E-state index in [4.69, 9.17) is 4.42 Å². The largest absolute Gasteiger partial charge is 0.455 e. The van der Waals surface area contributed by atoms with Crippen LogP contribution in [0, 0.1) is 0 Å². The Morgan fingerprint density at radius 1 is 0.365 bits per heavy atom. The molecule has 1 aromatic heterocycles. The minimum Gasteiger partial charge on any atom is -0.455 e. The van der Waals surface area contributed by atoms with Gasteiger partial charge in [0, 0.05) is 33.4 Å². The van der Waals surface area contributed by atoms with Gasteiger partial charge in [0.2, 0.25) is 0 Å². The summed E-state index contributed by atoms with van der Waals surface area (Å²) in [6.07, 6.45) is 0. The summed E-state index contributed by atoms with van der Waals surface area (Å²) in [5, 5.41) is 4.83. The molecule has 10 rings (SSSR count). The lowest BCUT2D eigenvalue weighted by Crippen LogP contribution is -2.09. The van der Waals surface area contributed by atoms with Gasteiger partial charge in [-0.1, -0.05) is 145 Å². The fourth-order valence-corrected chi connectivity index (χ4v) is 6.65. The Bertz CT molecular complexity index is 3390. The highest BCUT2D eigenvalue weighted by Crippen LogP contribution is 2.40. The maximum atomic E-state index is 9.58. The van der Waals surface area contributed by atoms with Crippen molar-refractivity contribution in [2.24, 2.45) is 0 Å². The van der Waals surface area contributed by atoms with E-state index in [9.17, 15) is 16.4 Å². The van der Waals surface area contributed by atoms with Crippen LogP contribution in [0.5, 0.6) is 0 Å². The number of benzene rings is 9. The molecule has 0 saturated carbocycles. The molecule has 0 bridgehead atoms. The summed E-state index contributed by atoms with van der Waals surface area (Å²) >= 11 is 0. The van der Waals surface area contributed by atoms with Crippen molar-refractivity contribution in [3.8, 4) is 33.4 Å². The van der Waals surface area contributed by atoms with E-state index in [0.717, 1.165) is 31.8 Å². The SMILES string of the molecule is [2H]c1c([2H])c(N(c2c([2H])c([2H])c(-c3ccc4ccccc4c3)c([2H])c2[2H])c2c([2H])c([2H])c(-c3cccc4c3oc3ccccc34)c([2H])c2[2H])c([2H])c([2H])c1-c1ccc2ccccc2c1. The number of nitrogens with zero attached hydrogens (tertiary/aromatic N) is 1. The topological polar surface area (TPSA) is 16.4 Å². The maximum absolute atomic E-state index is 9.58. The second-order valence-electron chi connectivity index (χ2n) is 12.4. The van der Waals surface area contributed by atoms with Gasteiger partial charge in [0.15, 0.2) is 0 Å². The van der Waals surface area contributed by atoms with E-state index in [2.05, 4.69) is 0 Å². The summed E-state index contributed by atoms with van der Waals surface area (Å²) in [4.78, 5) is 0.835. The van der Waals surface area contributed by atoms with E-state index in [1.807, 2.05) is 72.8 Å². The van der Waals surface area contributed by atoms with Crippen LogP contribution in [0.2, 0.25) is 0 Å². The number of furan rings is 1. The third-order valence-electron chi connectivity index (χ3n) is 9.26. The molecule has 0 fully saturated rings. The zero-order chi connectivity index (χ0) is 44.9. The van der Waals surface area contributed by atoms with Crippen molar-refractivity contribution in [2.45, 2.75) is 0 Å². The Kier molecular flexibility index (Phi) is 4.81. The summed E-state index contributed by atoms with van der Waals surface area (Å²) in [5.41, 5.74) is -0.118. The van der Waals surface area contributed by atoms with E-state index in [1.54, 1.807) is 54.6 Å². The lowest BCUT2D eigenvalue weighted by Gasteiger charge is -2.26. The summed E-state index contributed by atoms with van der Waals surface area (Å²) in [5.74, 6) is 0. The molecule has 0 aliphatic carbocycles. The highest BCUT2D eigenvalue weighted by atomic mass is 16.3. The molecule has 0 atom stereocenters. The Morgan fingerprint density at radius 2 is 0.827 bits per heavy atom. The van der Waals surface area contributed by atoms with E-state index < -0.39 is 89.6 Å². The molecule has 0 radical (unpaired) electrons. The van der Waals surface area contributed by atoms with Crippen LogP contribution in [0.15, 0.2) is 204 Å². The van der Waals surface area contributed by atoms with Crippen molar-refractivity contribution in [3.05, 3.63) is 200 Å². The van der Waals surface area contributed by atoms with Crippen LogP contribution in [-0.4, -0.2) is 0 Å². The number of para-hydroxylation sites is 2. The Morgan fingerprint density at radius 3 is 1.38 bits per heavy atom. The van der Waals surface area contributed by atoms with Gasteiger partial charge in [-0.15, -0.1) is 0 Å². The Labute approximate surface area is 319 Å². The van der Waals surface area contributed by atoms with Crippen LogP contribution >= 0.6 is 0 Å². The van der Waals surface area contributed by atoms with Gasteiger partial charge in [0.1, 0.15) is 11.2 Å². The highest BCUT2D eigenvalue weighted by molar-refractivity contribution is 6.09. The van der Waals surface area contributed by atoms with Crippen molar-refractivity contribution in [1.82, 2.24) is 0 Å². The minimum absolute atomic E-state index is 0.0514.